The van der Waals surface area contributed by atoms with E-state index in [1.165, 1.54) is 0 Å². The van der Waals surface area contributed by atoms with Gasteiger partial charge in [0, 0.05) is 12.5 Å². The lowest BCUT2D eigenvalue weighted by atomic mass is 9.89. The Morgan fingerprint density at radius 1 is 1.04 bits per heavy atom. The second kappa shape index (κ2) is 4.45. The van der Waals surface area contributed by atoms with Crippen molar-refractivity contribution in [1.82, 2.24) is 10.0 Å². The Bertz CT molecular complexity index is 541. The van der Waals surface area contributed by atoms with Crippen molar-refractivity contribution in [2.75, 3.05) is 0 Å². The minimum atomic E-state index is -6.20. The number of fused-ring (bicyclic) bond motifs is 1. The van der Waals surface area contributed by atoms with E-state index in [1.807, 2.05) is 0 Å². The monoisotopic (exact) mass is 360 g/mol. The molecular formula is C11H10F10N2. The van der Waals surface area contributed by atoms with Crippen molar-refractivity contribution in [2.45, 2.75) is 56.0 Å². The molecule has 1 heterocycles. The van der Waals surface area contributed by atoms with Crippen LogP contribution in [0, 0.1) is 0 Å². The molecule has 134 valence electrons. The van der Waals surface area contributed by atoms with E-state index >= 15 is 0 Å². The highest BCUT2D eigenvalue weighted by Gasteiger charge is 2.88. The minimum Gasteiger partial charge on any atom is -0.314 e. The molecule has 1 saturated heterocycles. The Kier molecular flexibility index (Phi) is 3.51. The van der Waals surface area contributed by atoms with Gasteiger partial charge in [0.25, 0.3) is 0 Å². The zero-order valence-corrected chi connectivity index (χ0v) is 11.5. The molecule has 2 nitrogen and oxygen atoms in total. The zero-order valence-electron chi connectivity index (χ0n) is 11.5. The summed E-state index contributed by atoms with van der Waals surface area (Å²) in [5.41, 5.74) is -1.83. The molecule has 2 aliphatic rings. The van der Waals surface area contributed by atoms with Crippen molar-refractivity contribution in [3.8, 4) is 0 Å². The molecule has 0 aromatic carbocycles. The zero-order chi connectivity index (χ0) is 18.2. The van der Waals surface area contributed by atoms with Gasteiger partial charge in [-0.1, -0.05) is 6.08 Å². The van der Waals surface area contributed by atoms with Gasteiger partial charge < -0.3 is 4.90 Å². The van der Waals surface area contributed by atoms with E-state index in [0.29, 0.717) is 0 Å². The molecule has 12 heteroatoms. The first kappa shape index (κ1) is 18.1. The molecule has 1 aliphatic heterocycles. The summed E-state index contributed by atoms with van der Waals surface area (Å²) in [4.78, 5) is -0.643. The number of rotatable bonds is 1. The van der Waals surface area contributed by atoms with Crippen LogP contribution in [0.3, 0.4) is 0 Å². The Hall–Kier alpha value is -1.20. The summed E-state index contributed by atoms with van der Waals surface area (Å²) in [6.07, 6.45) is -8.11. The molecule has 0 spiro atoms. The molecule has 23 heavy (non-hydrogen) atoms. The van der Waals surface area contributed by atoms with Crippen LogP contribution < -0.4 is 0 Å². The summed E-state index contributed by atoms with van der Waals surface area (Å²) in [5, 5.41) is -2.50. The molecule has 2 unspecified atom stereocenters. The molecule has 0 radical (unpaired) electrons. The van der Waals surface area contributed by atoms with Gasteiger partial charge in [-0.05, 0) is 19.0 Å². The average Bonchev–Trinajstić information content (AvgIpc) is 2.55. The Balaban J connectivity index is 2.80. The van der Waals surface area contributed by atoms with Gasteiger partial charge in [0.15, 0.2) is 0 Å². The second-order valence-electron chi connectivity index (χ2n) is 5.52. The standard InChI is InChI=1S/C11H10F10N2/c1-5(2)22-6-3-4-7(12,13)9(15,16)8(6,14)23(21)11(22,20)10(17,18)19/h3,5H,4H2,1-2H3. The van der Waals surface area contributed by atoms with E-state index in [-0.39, 0.29) is 6.08 Å². The van der Waals surface area contributed by atoms with E-state index in [9.17, 15) is 44.0 Å². The molecule has 0 aromatic rings. The smallest absolute Gasteiger partial charge is 0.314 e. The van der Waals surface area contributed by atoms with Crippen molar-refractivity contribution in [3.63, 3.8) is 0 Å². The molecule has 1 fully saturated rings. The van der Waals surface area contributed by atoms with Gasteiger partial charge in [0.2, 0.25) is 0 Å². The number of halogens is 10. The van der Waals surface area contributed by atoms with Crippen LogP contribution in [0.15, 0.2) is 11.8 Å². The van der Waals surface area contributed by atoms with Crippen molar-refractivity contribution in [1.29, 1.82) is 0 Å². The summed E-state index contributed by atoms with van der Waals surface area (Å²) in [5.74, 6) is -21.8. The highest BCUT2D eigenvalue weighted by Crippen LogP contribution is 2.64. The first-order valence-corrected chi connectivity index (χ1v) is 6.23. The van der Waals surface area contributed by atoms with Crippen LogP contribution >= 0.6 is 0 Å². The lowest BCUT2D eigenvalue weighted by Crippen LogP contribution is -2.66. The summed E-state index contributed by atoms with van der Waals surface area (Å²) in [6.45, 7) is 1.68. The first-order chi connectivity index (χ1) is 10.1. The predicted molar refractivity (Wildman–Crippen MR) is 56.2 cm³/mol. The van der Waals surface area contributed by atoms with Crippen LogP contribution in [0.25, 0.3) is 0 Å². The lowest BCUT2D eigenvalue weighted by molar-refractivity contribution is -0.404. The molecule has 0 amide bonds. The summed E-state index contributed by atoms with van der Waals surface area (Å²) in [7, 11) is 0. The number of hydrogen-bond donors (Lipinski definition) is 0. The maximum Gasteiger partial charge on any atom is 0.460 e. The third-order valence-electron chi connectivity index (χ3n) is 3.75. The van der Waals surface area contributed by atoms with E-state index < -0.39 is 57.9 Å². The maximum absolute atomic E-state index is 14.5. The third kappa shape index (κ3) is 1.81. The Morgan fingerprint density at radius 3 is 1.91 bits per heavy atom. The number of allylic oxidation sites excluding steroid dienone is 1. The van der Waals surface area contributed by atoms with Gasteiger partial charge in [0.1, 0.15) is 0 Å². The van der Waals surface area contributed by atoms with E-state index in [4.69, 9.17) is 0 Å². The van der Waals surface area contributed by atoms with Gasteiger partial charge in [0.05, 0.1) is 5.70 Å². The fourth-order valence-corrected chi connectivity index (χ4v) is 2.70. The van der Waals surface area contributed by atoms with Crippen molar-refractivity contribution in [2.24, 2.45) is 0 Å². The molecule has 0 N–H and O–H groups in total. The fraction of sp³-hybridized carbons (Fsp3) is 0.818. The minimum absolute atomic E-state index is 0.0446. The van der Waals surface area contributed by atoms with Crippen molar-refractivity contribution in [3.05, 3.63) is 11.8 Å². The van der Waals surface area contributed by atoms with E-state index in [0.717, 1.165) is 13.8 Å². The summed E-state index contributed by atoms with van der Waals surface area (Å²) < 4.78 is 136. The summed E-state index contributed by atoms with van der Waals surface area (Å²) >= 11 is 0. The predicted octanol–water partition coefficient (Wildman–Crippen LogP) is 4.31. The normalized spacial score (nSPS) is 37.1. The number of nitrogens with zero attached hydrogens (tertiary/aromatic N) is 2. The van der Waals surface area contributed by atoms with Crippen LogP contribution in [-0.4, -0.2) is 45.8 Å². The van der Waals surface area contributed by atoms with Gasteiger partial charge >= 0.3 is 29.7 Å². The van der Waals surface area contributed by atoms with Crippen LogP contribution in [0.5, 0.6) is 0 Å². The number of hydrogen-bond acceptors (Lipinski definition) is 2. The van der Waals surface area contributed by atoms with Gasteiger partial charge in [-0.3, -0.25) is 0 Å². The quantitative estimate of drug-likeness (QED) is 0.391. The molecule has 0 saturated carbocycles. The van der Waals surface area contributed by atoms with Gasteiger partial charge in [-0.25, -0.2) is 4.39 Å². The number of alkyl halides is 9. The second-order valence-corrected chi connectivity index (χ2v) is 5.52. The Morgan fingerprint density at radius 2 is 1.52 bits per heavy atom. The first-order valence-electron chi connectivity index (χ1n) is 6.23. The topological polar surface area (TPSA) is 6.48 Å². The highest BCUT2D eigenvalue weighted by atomic mass is 19.4. The largest absolute Gasteiger partial charge is 0.460 e. The van der Waals surface area contributed by atoms with Crippen LogP contribution in [0.4, 0.5) is 44.0 Å². The van der Waals surface area contributed by atoms with Crippen LogP contribution in [-0.2, 0) is 0 Å². The Labute approximate surface area is 123 Å². The maximum atomic E-state index is 14.5. The molecule has 2 rings (SSSR count). The third-order valence-corrected chi connectivity index (χ3v) is 3.75. The fourth-order valence-electron chi connectivity index (χ4n) is 2.70. The van der Waals surface area contributed by atoms with Gasteiger partial charge in [-0.2, -0.15) is 35.1 Å². The van der Waals surface area contributed by atoms with Crippen molar-refractivity contribution >= 4 is 0 Å². The molecule has 2 atom stereocenters. The summed E-state index contributed by atoms with van der Waals surface area (Å²) in [6, 6.07) is -1.66. The van der Waals surface area contributed by atoms with E-state index in [2.05, 4.69) is 0 Å². The molecule has 0 bridgehead atoms. The molecule has 1 aliphatic carbocycles. The lowest BCUT2D eigenvalue weighted by Gasteiger charge is -2.40. The molecular weight excluding hydrogens is 350 g/mol. The molecule has 0 aromatic heterocycles. The SMILES string of the molecule is CC(C)N1C2=CCC(F)(F)C(F)(F)C2(F)N(F)C1(F)C(F)(F)F. The van der Waals surface area contributed by atoms with E-state index in [1.54, 1.807) is 0 Å². The average molecular weight is 360 g/mol. The van der Waals surface area contributed by atoms with Gasteiger partial charge in [-0.15, -0.1) is 4.48 Å². The highest BCUT2D eigenvalue weighted by molar-refractivity contribution is 5.34. The van der Waals surface area contributed by atoms with Crippen LogP contribution in [0.1, 0.15) is 20.3 Å². The van der Waals surface area contributed by atoms with Crippen LogP contribution in [0.2, 0.25) is 0 Å². The van der Waals surface area contributed by atoms with Crippen molar-refractivity contribution < 1.29 is 44.0 Å².